The van der Waals surface area contributed by atoms with Crippen molar-refractivity contribution >= 4 is 0 Å². The summed E-state index contributed by atoms with van der Waals surface area (Å²) in [6.45, 7) is 5.43. The van der Waals surface area contributed by atoms with Gasteiger partial charge in [-0.1, -0.05) is 0 Å². The number of aliphatic hydroxyl groups is 1. The van der Waals surface area contributed by atoms with Crippen molar-refractivity contribution in [3.63, 3.8) is 0 Å². The Hall–Kier alpha value is -1.69. The predicted octanol–water partition coefficient (Wildman–Crippen LogP) is 2.14. The molecule has 1 unspecified atom stereocenters. The first-order chi connectivity index (χ1) is 11.1. The Bertz CT molecular complexity index is 576. The van der Waals surface area contributed by atoms with Gasteiger partial charge in [0.1, 0.15) is 11.4 Å². The number of furan rings is 1. The highest BCUT2D eigenvalue weighted by atomic mass is 16.4. The Balaban J connectivity index is 1.43. The zero-order valence-corrected chi connectivity index (χ0v) is 13.6. The Kier molecular flexibility index (Phi) is 5.10. The van der Waals surface area contributed by atoms with Crippen LogP contribution in [0.4, 0.5) is 0 Å². The second kappa shape index (κ2) is 7.25. The first-order valence-corrected chi connectivity index (χ1v) is 8.24. The zero-order chi connectivity index (χ0) is 16.1. The second-order valence-corrected chi connectivity index (χ2v) is 6.54. The Morgan fingerprint density at radius 3 is 2.70 bits per heavy atom. The first kappa shape index (κ1) is 16.2. The van der Waals surface area contributed by atoms with Crippen molar-refractivity contribution in [2.24, 2.45) is 0 Å². The summed E-state index contributed by atoms with van der Waals surface area (Å²) in [4.78, 5) is 6.53. The molecule has 1 atom stereocenters. The molecule has 1 aliphatic heterocycles. The molecule has 5 nitrogen and oxygen atoms in total. The van der Waals surface area contributed by atoms with Crippen molar-refractivity contribution in [1.82, 2.24) is 15.2 Å². The maximum atomic E-state index is 10.5. The molecule has 0 spiro atoms. The summed E-state index contributed by atoms with van der Waals surface area (Å²) in [6.07, 6.45) is 7.49. The minimum absolute atomic E-state index is 0.449. The average Bonchev–Trinajstić information content (AvgIpc) is 3.11. The van der Waals surface area contributed by atoms with E-state index in [0.717, 1.165) is 32.5 Å². The molecule has 124 valence electrons. The van der Waals surface area contributed by atoms with Gasteiger partial charge in [-0.15, -0.1) is 0 Å². The summed E-state index contributed by atoms with van der Waals surface area (Å²) < 4.78 is 5.32. The molecular weight excluding hydrogens is 290 g/mol. The van der Waals surface area contributed by atoms with E-state index in [1.807, 2.05) is 18.5 Å². The Labute approximate surface area is 137 Å². The van der Waals surface area contributed by atoms with Crippen molar-refractivity contribution in [3.05, 3.63) is 54.2 Å². The van der Waals surface area contributed by atoms with E-state index in [-0.39, 0.29) is 0 Å². The van der Waals surface area contributed by atoms with Crippen LogP contribution in [0.2, 0.25) is 0 Å². The number of pyridine rings is 1. The normalized spacial score (nSPS) is 19.6. The molecule has 1 fully saturated rings. The molecular formula is C18H25N3O2. The average molecular weight is 315 g/mol. The lowest BCUT2D eigenvalue weighted by molar-refractivity contribution is 0.0287. The fourth-order valence-corrected chi connectivity index (χ4v) is 3.06. The molecule has 2 aromatic rings. The quantitative estimate of drug-likeness (QED) is 0.855. The number of rotatable bonds is 6. The highest BCUT2D eigenvalue weighted by Gasteiger charge is 2.28. The molecule has 5 heteroatoms. The summed E-state index contributed by atoms with van der Waals surface area (Å²) >= 11 is 0. The van der Waals surface area contributed by atoms with Gasteiger partial charge in [-0.25, -0.2) is 0 Å². The smallest absolute Gasteiger partial charge is 0.136 e. The lowest BCUT2D eigenvalue weighted by Gasteiger charge is -2.34. The highest BCUT2D eigenvalue weighted by Crippen LogP contribution is 2.21. The van der Waals surface area contributed by atoms with E-state index in [1.165, 1.54) is 5.56 Å². The van der Waals surface area contributed by atoms with E-state index in [0.29, 0.717) is 18.3 Å². The number of aromatic nitrogens is 1. The summed E-state index contributed by atoms with van der Waals surface area (Å²) in [5.74, 6) is 0.611. The van der Waals surface area contributed by atoms with Crippen molar-refractivity contribution in [1.29, 1.82) is 0 Å². The molecule has 0 aromatic carbocycles. The molecule has 1 saturated heterocycles. The maximum Gasteiger partial charge on any atom is 0.136 e. The molecule has 3 rings (SSSR count). The van der Waals surface area contributed by atoms with E-state index < -0.39 is 5.60 Å². The summed E-state index contributed by atoms with van der Waals surface area (Å²) in [5.41, 5.74) is 0.352. The van der Waals surface area contributed by atoms with Crippen LogP contribution in [0.1, 0.15) is 31.1 Å². The molecule has 0 amide bonds. The van der Waals surface area contributed by atoms with Crippen molar-refractivity contribution < 1.29 is 9.52 Å². The van der Waals surface area contributed by atoms with E-state index in [4.69, 9.17) is 4.42 Å². The van der Waals surface area contributed by atoms with Gasteiger partial charge in [0.05, 0.1) is 6.26 Å². The van der Waals surface area contributed by atoms with Gasteiger partial charge < -0.3 is 14.8 Å². The molecule has 0 radical (unpaired) electrons. The van der Waals surface area contributed by atoms with E-state index in [9.17, 15) is 5.11 Å². The summed E-state index contributed by atoms with van der Waals surface area (Å²) in [7, 11) is 0. The van der Waals surface area contributed by atoms with Crippen molar-refractivity contribution in [2.75, 3.05) is 19.6 Å². The lowest BCUT2D eigenvalue weighted by atomic mass is 10.0. The van der Waals surface area contributed by atoms with Gasteiger partial charge in [-0.2, -0.15) is 0 Å². The minimum atomic E-state index is -0.961. The van der Waals surface area contributed by atoms with Gasteiger partial charge in [0.2, 0.25) is 0 Å². The van der Waals surface area contributed by atoms with Gasteiger partial charge in [-0.3, -0.25) is 9.88 Å². The lowest BCUT2D eigenvalue weighted by Crippen LogP contribution is -2.46. The van der Waals surface area contributed by atoms with Crippen molar-refractivity contribution in [2.45, 2.75) is 38.0 Å². The fraction of sp³-hybridized carbons (Fsp3) is 0.500. The third kappa shape index (κ3) is 4.41. The number of hydrogen-bond acceptors (Lipinski definition) is 5. The number of likely N-dealkylation sites (tertiary alicyclic amines) is 1. The number of nitrogens with one attached hydrogen (secondary N) is 1. The zero-order valence-electron chi connectivity index (χ0n) is 13.6. The first-order valence-electron chi connectivity index (χ1n) is 8.24. The van der Waals surface area contributed by atoms with E-state index >= 15 is 0 Å². The van der Waals surface area contributed by atoms with Crippen LogP contribution >= 0.6 is 0 Å². The van der Waals surface area contributed by atoms with Gasteiger partial charge in [0.15, 0.2) is 0 Å². The Morgan fingerprint density at radius 1 is 1.30 bits per heavy atom. The van der Waals surface area contributed by atoms with Crippen LogP contribution in [0, 0.1) is 0 Å². The van der Waals surface area contributed by atoms with Crippen LogP contribution in [0.25, 0.3) is 0 Å². The van der Waals surface area contributed by atoms with Crippen molar-refractivity contribution in [3.8, 4) is 0 Å². The second-order valence-electron chi connectivity index (χ2n) is 6.54. The van der Waals surface area contributed by atoms with Gasteiger partial charge in [-0.05, 0) is 62.7 Å². The molecule has 0 saturated carbocycles. The van der Waals surface area contributed by atoms with Crippen LogP contribution in [0.5, 0.6) is 0 Å². The third-order valence-corrected chi connectivity index (χ3v) is 4.53. The van der Waals surface area contributed by atoms with Gasteiger partial charge in [0.25, 0.3) is 0 Å². The van der Waals surface area contributed by atoms with Crippen LogP contribution in [0.3, 0.4) is 0 Å². The molecule has 1 aliphatic rings. The monoisotopic (exact) mass is 315 g/mol. The van der Waals surface area contributed by atoms with Gasteiger partial charge >= 0.3 is 0 Å². The topological polar surface area (TPSA) is 61.5 Å². The number of piperidine rings is 1. The number of hydrogen-bond donors (Lipinski definition) is 2. The number of nitrogens with zero attached hydrogens (tertiary/aromatic N) is 2. The van der Waals surface area contributed by atoms with Crippen LogP contribution < -0.4 is 5.32 Å². The molecule has 3 heterocycles. The van der Waals surface area contributed by atoms with E-state index in [1.54, 1.807) is 19.3 Å². The highest BCUT2D eigenvalue weighted by molar-refractivity contribution is 5.10. The summed E-state index contributed by atoms with van der Waals surface area (Å²) in [5, 5.41) is 14.0. The maximum absolute atomic E-state index is 10.5. The van der Waals surface area contributed by atoms with Crippen LogP contribution in [-0.2, 0) is 12.1 Å². The largest absolute Gasteiger partial charge is 0.466 e. The Morgan fingerprint density at radius 2 is 2.04 bits per heavy atom. The fourth-order valence-electron chi connectivity index (χ4n) is 3.06. The van der Waals surface area contributed by atoms with Crippen LogP contribution in [-0.4, -0.2) is 40.7 Å². The third-order valence-electron chi connectivity index (χ3n) is 4.53. The summed E-state index contributed by atoms with van der Waals surface area (Å²) in [6, 6.07) is 8.22. The SMILES string of the molecule is CC(O)(CNC1CCN(Cc2ccncc2)CC1)c1ccco1. The standard InChI is InChI=1S/C18H25N3O2/c1-18(22,17-3-2-12-23-17)14-20-16-6-10-21(11-7-16)13-15-4-8-19-9-5-15/h2-5,8-9,12,16,20,22H,6-7,10-11,13-14H2,1H3. The van der Waals surface area contributed by atoms with E-state index in [2.05, 4.69) is 27.3 Å². The predicted molar refractivity (Wildman–Crippen MR) is 88.8 cm³/mol. The molecule has 0 aliphatic carbocycles. The molecule has 2 N–H and O–H groups in total. The molecule has 0 bridgehead atoms. The van der Waals surface area contributed by atoms with Crippen LogP contribution in [0.15, 0.2) is 47.3 Å². The molecule has 2 aromatic heterocycles. The minimum Gasteiger partial charge on any atom is -0.466 e. The van der Waals surface area contributed by atoms with Gasteiger partial charge in [0, 0.05) is 31.5 Å². The molecule has 23 heavy (non-hydrogen) atoms.